The van der Waals surface area contributed by atoms with Crippen molar-refractivity contribution in [3.63, 3.8) is 0 Å². The highest BCUT2D eigenvalue weighted by molar-refractivity contribution is 5.89. The van der Waals surface area contributed by atoms with Gasteiger partial charge in [0.2, 0.25) is 0 Å². The number of carboxylic acids is 2. The lowest BCUT2D eigenvalue weighted by Gasteiger charge is -2.70. The zero-order valence-electron chi connectivity index (χ0n) is 32.5. The fourth-order valence-corrected chi connectivity index (χ4v) is 13.4. The molecular weight excluding hydrogens is 616 g/mol. The van der Waals surface area contributed by atoms with Gasteiger partial charge in [0.05, 0.1) is 17.8 Å². The number of esters is 1. The average molecular weight is 683 g/mol. The fourth-order valence-electron chi connectivity index (χ4n) is 13.4. The second kappa shape index (κ2) is 11.9. The first-order valence-electron chi connectivity index (χ1n) is 19.1. The molecule has 276 valence electrons. The summed E-state index contributed by atoms with van der Waals surface area (Å²) in [6.45, 7) is 27.5. The van der Waals surface area contributed by atoms with Gasteiger partial charge in [-0.25, -0.2) is 0 Å². The molecule has 0 heterocycles. The van der Waals surface area contributed by atoms with Crippen LogP contribution in [0, 0.1) is 73.4 Å². The van der Waals surface area contributed by atoms with Crippen LogP contribution in [0.5, 0.6) is 0 Å². The minimum atomic E-state index is -1.18. The van der Waals surface area contributed by atoms with Crippen LogP contribution in [0.25, 0.3) is 0 Å². The topological polar surface area (TPSA) is 118 Å². The molecule has 0 aromatic rings. The van der Waals surface area contributed by atoms with Crippen molar-refractivity contribution < 1.29 is 34.1 Å². The van der Waals surface area contributed by atoms with E-state index in [1.54, 1.807) is 13.8 Å². The monoisotopic (exact) mass is 682 g/mol. The van der Waals surface area contributed by atoms with E-state index in [9.17, 15) is 29.4 Å². The molecule has 0 aromatic heterocycles. The lowest BCUT2D eigenvalue weighted by atomic mass is 9.34. The molecule has 5 fully saturated rings. The second-order valence-corrected chi connectivity index (χ2v) is 20.6. The number of fused-ring (bicyclic) bond motifs is 7. The Hall–Kier alpha value is -2.18. The summed E-state index contributed by atoms with van der Waals surface area (Å²) >= 11 is 0. The van der Waals surface area contributed by atoms with E-state index in [1.165, 1.54) is 0 Å². The molecule has 0 saturated heterocycles. The number of carboxylic acid groups (broad SMARTS) is 2. The minimum Gasteiger partial charge on any atom is -0.481 e. The number of aliphatic carboxylic acids is 2. The fraction of sp³-hybridized carbons (Fsp3) is 0.857. The van der Waals surface area contributed by atoms with Gasteiger partial charge in [0.25, 0.3) is 0 Å². The van der Waals surface area contributed by atoms with Crippen molar-refractivity contribution in [3.8, 4) is 0 Å². The molecule has 0 bridgehead atoms. The van der Waals surface area contributed by atoms with Gasteiger partial charge in [-0.05, 0) is 130 Å². The van der Waals surface area contributed by atoms with Crippen LogP contribution >= 0.6 is 0 Å². The van der Waals surface area contributed by atoms with Crippen molar-refractivity contribution in [1.82, 2.24) is 0 Å². The summed E-state index contributed by atoms with van der Waals surface area (Å²) in [5.74, 6) is -1.23. The Morgan fingerprint density at radius 2 is 1.47 bits per heavy atom. The molecular formula is C42H66O7. The van der Waals surface area contributed by atoms with Gasteiger partial charge in [-0.15, -0.1) is 0 Å². The summed E-state index contributed by atoms with van der Waals surface area (Å²) < 4.78 is 6.23. The van der Waals surface area contributed by atoms with E-state index < -0.39 is 40.1 Å². The Morgan fingerprint density at radius 1 is 0.837 bits per heavy atom. The summed E-state index contributed by atoms with van der Waals surface area (Å²) in [7, 11) is 0. The molecule has 2 N–H and O–H groups in total. The maximum absolute atomic E-state index is 14.6. The van der Waals surface area contributed by atoms with Crippen molar-refractivity contribution in [3.05, 3.63) is 12.2 Å². The number of allylic oxidation sites excluding steroid dienone is 1. The number of carbonyl (C=O) groups excluding carboxylic acids is 2. The van der Waals surface area contributed by atoms with Crippen LogP contribution in [0.2, 0.25) is 0 Å². The van der Waals surface area contributed by atoms with E-state index in [4.69, 9.17) is 4.74 Å². The number of rotatable bonds is 9. The van der Waals surface area contributed by atoms with Crippen molar-refractivity contribution in [2.75, 3.05) is 0 Å². The van der Waals surface area contributed by atoms with Gasteiger partial charge in [0.15, 0.2) is 0 Å². The molecule has 5 rings (SSSR count). The predicted octanol–water partition coefficient (Wildman–Crippen LogP) is 9.37. The Morgan fingerprint density at radius 3 is 2.02 bits per heavy atom. The van der Waals surface area contributed by atoms with Crippen LogP contribution in [0.4, 0.5) is 0 Å². The van der Waals surface area contributed by atoms with Gasteiger partial charge < -0.3 is 14.9 Å². The molecule has 0 aliphatic heterocycles. The lowest BCUT2D eigenvalue weighted by Crippen LogP contribution is -2.64. The highest BCUT2D eigenvalue weighted by atomic mass is 16.5. The molecule has 0 aromatic carbocycles. The van der Waals surface area contributed by atoms with Crippen molar-refractivity contribution >= 4 is 23.7 Å². The molecule has 0 amide bonds. The Labute approximate surface area is 295 Å². The highest BCUT2D eigenvalue weighted by Gasteiger charge is 2.73. The molecule has 7 heteroatoms. The summed E-state index contributed by atoms with van der Waals surface area (Å²) in [4.78, 5) is 52.0. The van der Waals surface area contributed by atoms with Crippen LogP contribution in [-0.2, 0) is 23.9 Å². The SMILES string of the molecule is C=C(C)C1CC[C@]2(C(=O)CC(C(=O)O)C(C)(C)C)CC[C@]3(C)C(CC[C@@H]4[C@@]5(C)C[C@H](OC(=O)CC(C)(C)C(=O)O)C(C)(C)[C@@H]5CC[C@]43C)C12. The summed E-state index contributed by atoms with van der Waals surface area (Å²) in [5.41, 5.74) is -1.23. The molecule has 0 radical (unpaired) electrons. The molecule has 7 nitrogen and oxygen atoms in total. The van der Waals surface area contributed by atoms with Crippen molar-refractivity contribution in [2.45, 2.75) is 153 Å². The number of hydrogen-bond donors (Lipinski definition) is 2. The van der Waals surface area contributed by atoms with E-state index in [2.05, 4.69) is 48.1 Å². The molecule has 4 unspecified atom stereocenters. The third-order valence-corrected chi connectivity index (χ3v) is 16.4. The summed E-state index contributed by atoms with van der Waals surface area (Å²) in [6, 6.07) is 0. The zero-order valence-corrected chi connectivity index (χ0v) is 32.5. The molecule has 5 saturated carbocycles. The normalized spacial score (nSPS) is 41.8. The van der Waals surface area contributed by atoms with E-state index in [0.29, 0.717) is 17.8 Å². The van der Waals surface area contributed by atoms with E-state index in [-0.39, 0.29) is 58.2 Å². The first-order chi connectivity index (χ1) is 22.3. The third kappa shape index (κ3) is 5.65. The van der Waals surface area contributed by atoms with Gasteiger partial charge in [0.1, 0.15) is 11.9 Å². The lowest BCUT2D eigenvalue weighted by molar-refractivity contribution is -0.217. The van der Waals surface area contributed by atoms with Gasteiger partial charge in [-0.3, -0.25) is 19.2 Å². The number of ketones is 1. The van der Waals surface area contributed by atoms with Gasteiger partial charge in [-0.2, -0.15) is 0 Å². The minimum absolute atomic E-state index is 0.0109. The number of hydrogen-bond acceptors (Lipinski definition) is 5. The van der Waals surface area contributed by atoms with Crippen molar-refractivity contribution in [2.24, 2.45) is 73.4 Å². The third-order valence-electron chi connectivity index (χ3n) is 16.4. The quantitative estimate of drug-likeness (QED) is 0.184. The highest BCUT2D eigenvalue weighted by Crippen LogP contribution is 2.78. The van der Waals surface area contributed by atoms with Gasteiger partial charge in [0, 0.05) is 17.3 Å². The summed E-state index contributed by atoms with van der Waals surface area (Å²) in [6.07, 6.45) is 8.29. The Balaban J connectivity index is 1.46. The molecule has 49 heavy (non-hydrogen) atoms. The molecule has 5 aliphatic carbocycles. The first-order valence-corrected chi connectivity index (χ1v) is 19.1. The number of Topliss-reactive ketones (excluding diaryl/α,β-unsaturated/α-hetero) is 1. The van der Waals surface area contributed by atoms with E-state index >= 15 is 0 Å². The van der Waals surface area contributed by atoms with Crippen LogP contribution in [0.15, 0.2) is 12.2 Å². The first kappa shape index (κ1) is 38.1. The van der Waals surface area contributed by atoms with Gasteiger partial charge >= 0.3 is 17.9 Å². The van der Waals surface area contributed by atoms with E-state index in [0.717, 1.165) is 63.4 Å². The smallest absolute Gasteiger partial charge is 0.309 e. The van der Waals surface area contributed by atoms with Crippen LogP contribution in [0.3, 0.4) is 0 Å². The van der Waals surface area contributed by atoms with Crippen LogP contribution in [0.1, 0.15) is 147 Å². The number of carbonyl (C=O) groups is 4. The summed E-state index contributed by atoms with van der Waals surface area (Å²) in [5, 5.41) is 19.8. The molecule has 11 atom stereocenters. The zero-order chi connectivity index (χ0) is 36.9. The Kier molecular flexibility index (Phi) is 9.27. The predicted molar refractivity (Wildman–Crippen MR) is 190 cm³/mol. The van der Waals surface area contributed by atoms with Gasteiger partial charge in [-0.1, -0.05) is 67.5 Å². The number of ether oxygens (including phenoxy) is 1. The second-order valence-electron chi connectivity index (χ2n) is 20.6. The largest absolute Gasteiger partial charge is 0.481 e. The molecule has 0 spiro atoms. The van der Waals surface area contributed by atoms with Crippen molar-refractivity contribution in [1.29, 1.82) is 0 Å². The van der Waals surface area contributed by atoms with E-state index in [1.807, 2.05) is 20.8 Å². The van der Waals surface area contributed by atoms with Crippen LogP contribution in [-0.4, -0.2) is 40.0 Å². The Bertz CT molecular complexity index is 1400. The maximum Gasteiger partial charge on any atom is 0.309 e. The maximum atomic E-state index is 14.6. The standard InChI is InChI=1S/C42H66O7/c1-24(2)25-15-18-42(30(43)21-27(34(45)46)36(3,4)5)20-19-40(11)26(33(25)42)13-14-29-39(10)22-31(49-32(44)23-37(6,7)35(47)48)38(8,9)28(39)16-17-41(29,40)12/h25-29,31,33H,1,13-23H2,2-12H3,(H,45,46)(H,47,48)/t25?,26?,27?,28-,29+,31-,33?,39-,40+,41+,42+/m0/s1. The molecule has 5 aliphatic rings. The average Bonchev–Trinajstić information content (AvgIpc) is 3.44. The van der Waals surface area contributed by atoms with Crippen LogP contribution < -0.4 is 0 Å².